The van der Waals surface area contributed by atoms with Crippen LogP contribution in [0.1, 0.15) is 44.1 Å². The van der Waals surface area contributed by atoms with Crippen LogP contribution in [-0.4, -0.2) is 24.5 Å². The predicted octanol–water partition coefficient (Wildman–Crippen LogP) is 2.32. The third-order valence-electron chi connectivity index (χ3n) is 3.90. The van der Waals surface area contributed by atoms with Crippen LogP contribution < -0.4 is 16.0 Å². The second kappa shape index (κ2) is 9.07. The molecule has 2 rings (SSSR count). The minimum atomic E-state index is -0.241. The smallest absolute Gasteiger partial charge is 0.315 e. The average molecular weight is 303 g/mol. The van der Waals surface area contributed by atoms with Crippen LogP contribution in [0.4, 0.5) is 4.79 Å². The van der Waals surface area contributed by atoms with Gasteiger partial charge >= 0.3 is 6.03 Å². The van der Waals surface area contributed by atoms with Crippen LogP contribution in [0.25, 0.3) is 0 Å². The Balaban J connectivity index is 1.55. The fraction of sp³-hybridized carbons (Fsp3) is 0.529. The number of carbonyl (C=O) groups excluding carboxylic acids is 2. The molecule has 1 fully saturated rings. The van der Waals surface area contributed by atoms with Crippen molar-refractivity contribution in [3.05, 3.63) is 35.9 Å². The molecule has 0 saturated heterocycles. The minimum absolute atomic E-state index is 0.0234. The number of nitrogens with one attached hydrogen (secondary N) is 3. The summed E-state index contributed by atoms with van der Waals surface area (Å²) in [6.07, 6.45) is 6.16. The molecule has 3 N–H and O–H groups in total. The number of amides is 3. The molecule has 0 bridgehead atoms. The molecule has 0 radical (unpaired) electrons. The summed E-state index contributed by atoms with van der Waals surface area (Å²) in [6, 6.07) is 9.81. The summed E-state index contributed by atoms with van der Waals surface area (Å²) < 4.78 is 0. The van der Waals surface area contributed by atoms with Crippen molar-refractivity contribution in [1.82, 2.24) is 16.0 Å². The Morgan fingerprint density at radius 3 is 2.45 bits per heavy atom. The summed E-state index contributed by atoms with van der Waals surface area (Å²) >= 11 is 0. The lowest BCUT2D eigenvalue weighted by atomic mass is 9.95. The molecule has 1 aliphatic carbocycles. The fourth-order valence-corrected chi connectivity index (χ4v) is 2.68. The highest BCUT2D eigenvalue weighted by Crippen LogP contribution is 2.17. The van der Waals surface area contributed by atoms with Crippen LogP contribution in [0.5, 0.6) is 0 Å². The van der Waals surface area contributed by atoms with E-state index >= 15 is 0 Å². The molecular weight excluding hydrogens is 278 g/mol. The minimum Gasteiger partial charge on any atom is -0.353 e. The Morgan fingerprint density at radius 1 is 1.00 bits per heavy atom. The van der Waals surface area contributed by atoms with Gasteiger partial charge in [0.15, 0.2) is 0 Å². The van der Waals surface area contributed by atoms with Crippen LogP contribution in [0.3, 0.4) is 0 Å². The third-order valence-corrected chi connectivity index (χ3v) is 3.90. The highest BCUT2D eigenvalue weighted by atomic mass is 16.2. The summed E-state index contributed by atoms with van der Waals surface area (Å²) in [5.41, 5.74) is 1.05. The van der Waals surface area contributed by atoms with Crippen molar-refractivity contribution >= 4 is 11.9 Å². The lowest BCUT2D eigenvalue weighted by Crippen LogP contribution is -2.40. The van der Waals surface area contributed by atoms with E-state index in [1.54, 1.807) is 0 Å². The van der Waals surface area contributed by atoms with Gasteiger partial charge in [-0.1, -0.05) is 49.6 Å². The molecule has 5 heteroatoms. The molecule has 1 aliphatic rings. The van der Waals surface area contributed by atoms with Gasteiger partial charge in [0.1, 0.15) is 0 Å². The topological polar surface area (TPSA) is 70.2 Å². The highest BCUT2D eigenvalue weighted by molar-refractivity contribution is 5.78. The van der Waals surface area contributed by atoms with E-state index in [4.69, 9.17) is 0 Å². The molecule has 120 valence electrons. The Labute approximate surface area is 131 Å². The first-order valence-electron chi connectivity index (χ1n) is 8.09. The largest absolute Gasteiger partial charge is 0.353 e. The van der Waals surface area contributed by atoms with Crippen LogP contribution in [0, 0.1) is 0 Å². The van der Waals surface area contributed by atoms with Crippen molar-refractivity contribution in [2.45, 2.75) is 51.1 Å². The van der Waals surface area contributed by atoms with Crippen molar-refractivity contribution in [3.63, 3.8) is 0 Å². The summed E-state index contributed by atoms with van der Waals surface area (Å²) in [5.74, 6) is 0.0234. The monoisotopic (exact) mass is 303 g/mol. The third kappa shape index (κ3) is 6.16. The average Bonchev–Trinajstić information content (AvgIpc) is 2.55. The molecule has 1 aromatic rings. The van der Waals surface area contributed by atoms with E-state index in [0.717, 1.165) is 18.4 Å². The zero-order valence-corrected chi connectivity index (χ0v) is 12.9. The summed E-state index contributed by atoms with van der Waals surface area (Å²) in [4.78, 5) is 23.4. The standard InChI is InChI=1S/C17H25N3O2/c21-16(20-15-9-5-2-6-10-15)11-12-18-17(22)19-13-14-7-3-1-4-8-14/h1,3-4,7-8,15H,2,5-6,9-13H2,(H,20,21)(H2,18,19,22). The van der Waals surface area contributed by atoms with Gasteiger partial charge in [-0.2, -0.15) is 0 Å². The molecule has 0 spiro atoms. The summed E-state index contributed by atoms with van der Waals surface area (Å²) in [6.45, 7) is 0.847. The van der Waals surface area contributed by atoms with Crippen molar-refractivity contribution in [3.8, 4) is 0 Å². The van der Waals surface area contributed by atoms with Gasteiger partial charge in [0.05, 0.1) is 0 Å². The van der Waals surface area contributed by atoms with Crippen LogP contribution in [0.15, 0.2) is 30.3 Å². The Hall–Kier alpha value is -2.04. The number of rotatable bonds is 6. The fourth-order valence-electron chi connectivity index (χ4n) is 2.68. The summed E-state index contributed by atoms with van der Waals surface area (Å²) in [5, 5.41) is 8.52. The van der Waals surface area contributed by atoms with Crippen LogP contribution >= 0.6 is 0 Å². The molecular formula is C17H25N3O2. The SMILES string of the molecule is O=C(CCNC(=O)NCc1ccccc1)NC1CCCCC1. The van der Waals surface area contributed by atoms with E-state index in [1.807, 2.05) is 30.3 Å². The number of urea groups is 1. The van der Waals surface area contributed by atoms with Crippen LogP contribution in [-0.2, 0) is 11.3 Å². The zero-order valence-electron chi connectivity index (χ0n) is 12.9. The number of hydrogen-bond donors (Lipinski definition) is 3. The number of benzene rings is 1. The van der Waals surface area contributed by atoms with Crippen molar-refractivity contribution < 1.29 is 9.59 Å². The van der Waals surface area contributed by atoms with Gasteiger partial charge in [-0.15, -0.1) is 0 Å². The lowest BCUT2D eigenvalue weighted by Gasteiger charge is -2.22. The maximum absolute atomic E-state index is 11.8. The number of carbonyl (C=O) groups is 2. The molecule has 0 aliphatic heterocycles. The predicted molar refractivity (Wildman–Crippen MR) is 86.3 cm³/mol. The van der Waals surface area contributed by atoms with Crippen LogP contribution in [0.2, 0.25) is 0 Å². The van der Waals surface area contributed by atoms with Gasteiger partial charge in [0, 0.05) is 25.6 Å². The maximum Gasteiger partial charge on any atom is 0.315 e. The normalized spacial score (nSPS) is 15.1. The van der Waals surface area contributed by atoms with Crippen molar-refractivity contribution in [1.29, 1.82) is 0 Å². The molecule has 0 atom stereocenters. The Kier molecular flexibility index (Phi) is 6.74. The molecule has 0 unspecified atom stereocenters. The first-order chi connectivity index (χ1) is 10.7. The molecule has 5 nitrogen and oxygen atoms in total. The Bertz CT molecular complexity index is 470. The molecule has 1 aromatic carbocycles. The van der Waals surface area contributed by atoms with Gasteiger partial charge in [-0.25, -0.2) is 4.79 Å². The van der Waals surface area contributed by atoms with Gasteiger partial charge in [0.2, 0.25) is 5.91 Å². The molecule has 3 amide bonds. The molecule has 1 saturated carbocycles. The quantitative estimate of drug-likeness (QED) is 0.755. The lowest BCUT2D eigenvalue weighted by molar-refractivity contribution is -0.121. The molecule has 0 heterocycles. The van der Waals surface area contributed by atoms with E-state index < -0.39 is 0 Å². The first-order valence-corrected chi connectivity index (χ1v) is 8.09. The maximum atomic E-state index is 11.8. The summed E-state index contributed by atoms with van der Waals surface area (Å²) in [7, 11) is 0. The molecule has 0 aromatic heterocycles. The van der Waals surface area contributed by atoms with Crippen molar-refractivity contribution in [2.24, 2.45) is 0 Å². The second-order valence-electron chi connectivity index (χ2n) is 5.75. The van der Waals surface area contributed by atoms with E-state index in [0.29, 0.717) is 25.6 Å². The van der Waals surface area contributed by atoms with E-state index in [2.05, 4.69) is 16.0 Å². The Morgan fingerprint density at radius 2 is 1.73 bits per heavy atom. The van der Waals surface area contributed by atoms with Gasteiger partial charge in [0.25, 0.3) is 0 Å². The molecule has 22 heavy (non-hydrogen) atoms. The zero-order chi connectivity index (χ0) is 15.6. The van der Waals surface area contributed by atoms with E-state index in [-0.39, 0.29) is 11.9 Å². The number of hydrogen-bond acceptors (Lipinski definition) is 2. The second-order valence-corrected chi connectivity index (χ2v) is 5.75. The first kappa shape index (κ1) is 16.3. The van der Waals surface area contributed by atoms with E-state index in [9.17, 15) is 9.59 Å². The van der Waals surface area contributed by atoms with Gasteiger partial charge in [-0.05, 0) is 18.4 Å². The van der Waals surface area contributed by atoms with Gasteiger partial charge < -0.3 is 16.0 Å². The van der Waals surface area contributed by atoms with Crippen molar-refractivity contribution in [2.75, 3.05) is 6.54 Å². The van der Waals surface area contributed by atoms with E-state index in [1.165, 1.54) is 19.3 Å². The highest BCUT2D eigenvalue weighted by Gasteiger charge is 2.15. The van der Waals surface area contributed by atoms with Gasteiger partial charge in [-0.3, -0.25) is 4.79 Å².